The van der Waals surface area contributed by atoms with E-state index in [-0.39, 0.29) is 5.91 Å². The lowest BCUT2D eigenvalue weighted by Gasteiger charge is -2.09. The van der Waals surface area contributed by atoms with Gasteiger partial charge in [0.05, 0.1) is 15.1 Å². The number of hydrogen-bond acceptors (Lipinski definition) is 4. The van der Waals surface area contributed by atoms with Gasteiger partial charge in [0.15, 0.2) is 5.17 Å². The molecule has 1 aliphatic rings. The fourth-order valence-corrected chi connectivity index (χ4v) is 4.20. The zero-order valence-corrected chi connectivity index (χ0v) is 18.8. The van der Waals surface area contributed by atoms with E-state index in [0.29, 0.717) is 21.7 Å². The smallest absolute Gasteiger partial charge is 0.264 e. The first kappa shape index (κ1) is 20.7. The summed E-state index contributed by atoms with van der Waals surface area (Å²) in [6.45, 7) is 0.489. The van der Waals surface area contributed by atoms with Gasteiger partial charge in [0.25, 0.3) is 5.91 Å². The second-order valence-corrected chi connectivity index (χ2v) is 8.74. The Kier molecular flexibility index (Phi) is 6.57. The number of halogens is 2. The molecule has 150 valence electrons. The summed E-state index contributed by atoms with van der Waals surface area (Å²) >= 11 is 10.7. The third-order valence-corrected chi connectivity index (χ3v) is 5.98. The van der Waals surface area contributed by atoms with E-state index in [2.05, 4.69) is 26.2 Å². The van der Waals surface area contributed by atoms with Crippen molar-refractivity contribution in [2.24, 2.45) is 4.99 Å². The van der Waals surface area contributed by atoms with Crippen molar-refractivity contribution in [3.63, 3.8) is 0 Å². The molecule has 4 nitrogen and oxygen atoms in total. The quantitative estimate of drug-likeness (QED) is 0.404. The Balaban J connectivity index is 1.45. The van der Waals surface area contributed by atoms with Crippen LogP contribution in [0.25, 0.3) is 6.08 Å². The highest BCUT2D eigenvalue weighted by Crippen LogP contribution is 2.31. The molecule has 3 aromatic rings. The van der Waals surface area contributed by atoms with Crippen molar-refractivity contribution in [2.45, 2.75) is 6.61 Å². The average molecular weight is 500 g/mol. The second kappa shape index (κ2) is 9.51. The molecule has 4 rings (SSSR count). The van der Waals surface area contributed by atoms with Gasteiger partial charge in [0.2, 0.25) is 0 Å². The van der Waals surface area contributed by atoms with Crippen molar-refractivity contribution in [3.8, 4) is 5.75 Å². The van der Waals surface area contributed by atoms with Gasteiger partial charge in [-0.3, -0.25) is 4.79 Å². The number of nitrogens with zero attached hydrogens (tertiary/aromatic N) is 1. The molecule has 1 N–H and O–H groups in total. The molecule has 0 unspecified atom stereocenters. The monoisotopic (exact) mass is 498 g/mol. The molecule has 0 radical (unpaired) electrons. The molecule has 30 heavy (non-hydrogen) atoms. The molecular weight excluding hydrogens is 484 g/mol. The van der Waals surface area contributed by atoms with E-state index < -0.39 is 0 Å². The minimum absolute atomic E-state index is 0.173. The number of benzene rings is 3. The molecule has 1 heterocycles. The van der Waals surface area contributed by atoms with E-state index in [1.54, 1.807) is 24.3 Å². The highest BCUT2D eigenvalue weighted by atomic mass is 79.9. The maximum absolute atomic E-state index is 12.3. The molecule has 1 fully saturated rings. The first-order chi connectivity index (χ1) is 14.6. The molecule has 0 atom stereocenters. The summed E-state index contributed by atoms with van der Waals surface area (Å²) in [7, 11) is 0. The summed E-state index contributed by atoms with van der Waals surface area (Å²) in [5.74, 6) is 0.572. The molecule has 3 aromatic carbocycles. The van der Waals surface area contributed by atoms with Crippen molar-refractivity contribution in [3.05, 3.63) is 98.3 Å². The van der Waals surface area contributed by atoms with E-state index in [4.69, 9.17) is 16.3 Å². The molecule has 0 spiro atoms. The van der Waals surface area contributed by atoms with Gasteiger partial charge < -0.3 is 10.1 Å². The largest absolute Gasteiger partial charge is 0.488 e. The summed E-state index contributed by atoms with van der Waals surface area (Å²) in [6.07, 6.45) is 1.83. The van der Waals surface area contributed by atoms with Crippen LogP contribution < -0.4 is 10.1 Å². The van der Waals surface area contributed by atoms with Crippen LogP contribution in [0.3, 0.4) is 0 Å². The van der Waals surface area contributed by atoms with Crippen molar-refractivity contribution >= 4 is 62.1 Å². The van der Waals surface area contributed by atoms with Crippen LogP contribution in [0.4, 0.5) is 5.69 Å². The van der Waals surface area contributed by atoms with E-state index in [1.165, 1.54) is 11.8 Å². The lowest BCUT2D eigenvalue weighted by molar-refractivity contribution is -0.115. The third kappa shape index (κ3) is 5.33. The van der Waals surface area contributed by atoms with E-state index >= 15 is 0 Å². The maximum atomic E-state index is 12.3. The van der Waals surface area contributed by atoms with Gasteiger partial charge in [-0.1, -0.05) is 48.0 Å². The number of nitrogens with one attached hydrogen (secondary N) is 1. The van der Waals surface area contributed by atoms with E-state index in [0.717, 1.165) is 27.0 Å². The van der Waals surface area contributed by atoms with Crippen LogP contribution in [-0.2, 0) is 11.4 Å². The third-order valence-electron chi connectivity index (χ3n) is 4.20. The first-order valence-corrected chi connectivity index (χ1v) is 11.1. The van der Waals surface area contributed by atoms with Crippen LogP contribution in [-0.4, -0.2) is 11.1 Å². The van der Waals surface area contributed by atoms with Gasteiger partial charge in [-0.15, -0.1) is 0 Å². The Labute approximate surface area is 192 Å². The number of carbonyl (C=O) groups excluding carboxylic acids is 1. The number of hydrogen-bond donors (Lipinski definition) is 1. The molecule has 0 aliphatic carbocycles. The Morgan fingerprint density at radius 1 is 1.07 bits per heavy atom. The van der Waals surface area contributed by atoms with Crippen LogP contribution in [0.5, 0.6) is 5.75 Å². The minimum Gasteiger partial charge on any atom is -0.488 e. The zero-order chi connectivity index (χ0) is 20.9. The minimum atomic E-state index is -0.173. The molecule has 7 heteroatoms. The average Bonchev–Trinajstić information content (AvgIpc) is 3.08. The number of carbonyl (C=O) groups is 1. The topological polar surface area (TPSA) is 50.7 Å². The number of rotatable bonds is 5. The number of amides is 1. The van der Waals surface area contributed by atoms with Gasteiger partial charge in [-0.2, -0.15) is 0 Å². The molecular formula is C23H16BrClN2O2S. The summed E-state index contributed by atoms with van der Waals surface area (Å²) in [5, 5.41) is 3.97. The second-order valence-electron chi connectivity index (χ2n) is 6.42. The Morgan fingerprint density at radius 2 is 1.83 bits per heavy atom. The summed E-state index contributed by atoms with van der Waals surface area (Å²) in [4.78, 5) is 17.3. The van der Waals surface area contributed by atoms with Crippen molar-refractivity contribution in [2.75, 3.05) is 0 Å². The van der Waals surface area contributed by atoms with Crippen LogP contribution >= 0.6 is 39.3 Å². The van der Waals surface area contributed by atoms with Crippen LogP contribution in [0.2, 0.25) is 5.02 Å². The fourth-order valence-electron chi connectivity index (χ4n) is 2.72. The molecule has 1 aliphatic heterocycles. The lowest BCUT2D eigenvalue weighted by atomic mass is 10.2. The van der Waals surface area contributed by atoms with Crippen LogP contribution in [0.1, 0.15) is 11.1 Å². The predicted molar refractivity (Wildman–Crippen MR) is 127 cm³/mol. The standard InChI is InChI=1S/C23H16BrClN2O2S/c24-19-12-16(6-11-20(19)29-14-15-4-2-1-3-5-15)13-21-22(28)27-23(30-21)26-18-9-7-17(25)8-10-18/h1-13H,14H2,(H,26,27,28)/b21-13+. The van der Waals surface area contributed by atoms with Crippen molar-refractivity contribution in [1.82, 2.24) is 5.32 Å². The van der Waals surface area contributed by atoms with Crippen LogP contribution in [0.15, 0.2) is 87.2 Å². The molecule has 0 aromatic heterocycles. The summed E-state index contributed by atoms with van der Waals surface area (Å²) < 4.78 is 6.71. The molecule has 0 saturated carbocycles. The normalized spacial score (nSPS) is 16.1. The fraction of sp³-hybridized carbons (Fsp3) is 0.0435. The molecule has 1 saturated heterocycles. The number of ether oxygens (including phenoxy) is 1. The number of amidine groups is 1. The Morgan fingerprint density at radius 3 is 2.57 bits per heavy atom. The van der Waals surface area contributed by atoms with E-state index in [1.807, 2.05) is 54.6 Å². The number of thioether (sulfide) groups is 1. The number of aliphatic imine (C=N–C) groups is 1. The van der Waals surface area contributed by atoms with Gasteiger partial charge in [0, 0.05) is 5.02 Å². The lowest BCUT2D eigenvalue weighted by Crippen LogP contribution is -2.19. The van der Waals surface area contributed by atoms with Gasteiger partial charge in [-0.05, 0) is 81.3 Å². The SMILES string of the molecule is O=C1NC(=Nc2ccc(Cl)cc2)S/C1=C/c1ccc(OCc2ccccc2)c(Br)c1. The van der Waals surface area contributed by atoms with E-state index in [9.17, 15) is 4.79 Å². The molecule has 1 amide bonds. The predicted octanol–water partition coefficient (Wildman–Crippen LogP) is 6.57. The van der Waals surface area contributed by atoms with Gasteiger partial charge in [0.1, 0.15) is 12.4 Å². The Hall–Kier alpha value is -2.54. The van der Waals surface area contributed by atoms with Crippen molar-refractivity contribution in [1.29, 1.82) is 0 Å². The highest BCUT2D eigenvalue weighted by Gasteiger charge is 2.23. The maximum Gasteiger partial charge on any atom is 0.264 e. The zero-order valence-electron chi connectivity index (χ0n) is 15.6. The Bertz CT molecular complexity index is 1130. The summed E-state index contributed by atoms with van der Waals surface area (Å²) in [6, 6.07) is 22.8. The molecule has 0 bridgehead atoms. The van der Waals surface area contributed by atoms with Crippen molar-refractivity contribution < 1.29 is 9.53 Å². The van der Waals surface area contributed by atoms with Gasteiger partial charge in [-0.25, -0.2) is 4.99 Å². The highest BCUT2D eigenvalue weighted by molar-refractivity contribution is 9.10. The first-order valence-electron chi connectivity index (χ1n) is 9.08. The van der Waals surface area contributed by atoms with Gasteiger partial charge >= 0.3 is 0 Å². The summed E-state index contributed by atoms with van der Waals surface area (Å²) in [5.41, 5.74) is 2.72. The van der Waals surface area contributed by atoms with Crippen LogP contribution in [0, 0.1) is 0 Å².